The molecule has 2 aromatic carbocycles. The highest BCUT2D eigenvalue weighted by Gasteiger charge is 2.23. The van der Waals surface area contributed by atoms with Crippen molar-refractivity contribution in [1.82, 2.24) is 9.97 Å². The molecule has 0 aliphatic rings. The first kappa shape index (κ1) is 18.5. The topological polar surface area (TPSA) is 93.0 Å². The van der Waals surface area contributed by atoms with E-state index < -0.39 is 10.7 Å². The van der Waals surface area contributed by atoms with Crippen LogP contribution in [0, 0.1) is 15.9 Å². The number of halogens is 2. The Balaban J connectivity index is 1.94. The second-order valence-corrected chi connectivity index (χ2v) is 6.01. The second kappa shape index (κ2) is 7.96. The molecule has 9 heteroatoms. The average Bonchev–Trinajstić information content (AvgIpc) is 2.65. The Morgan fingerprint density at radius 2 is 1.67 bits per heavy atom. The van der Waals surface area contributed by atoms with Gasteiger partial charge in [-0.2, -0.15) is 0 Å². The number of nitrogens with one attached hydrogen (secondary N) is 2. The molecule has 2 N–H and O–H groups in total. The van der Waals surface area contributed by atoms with Gasteiger partial charge in [0.2, 0.25) is 11.6 Å². The van der Waals surface area contributed by atoms with Gasteiger partial charge >= 0.3 is 5.69 Å². The van der Waals surface area contributed by atoms with Gasteiger partial charge in [0.05, 0.1) is 9.95 Å². The minimum absolute atomic E-state index is 0.0367. The van der Waals surface area contributed by atoms with Crippen LogP contribution >= 0.6 is 11.6 Å². The van der Waals surface area contributed by atoms with E-state index in [4.69, 9.17) is 11.6 Å². The van der Waals surface area contributed by atoms with E-state index in [-0.39, 0.29) is 22.3 Å². The zero-order valence-electron chi connectivity index (χ0n) is 14.2. The minimum atomic E-state index is -0.587. The summed E-state index contributed by atoms with van der Waals surface area (Å²) in [5.74, 6) is -0.586. The fourth-order valence-electron chi connectivity index (χ4n) is 2.41. The van der Waals surface area contributed by atoms with Gasteiger partial charge in [0.15, 0.2) is 0 Å². The van der Waals surface area contributed by atoms with E-state index in [1.54, 1.807) is 0 Å². The maximum atomic E-state index is 13.3. The van der Waals surface area contributed by atoms with Crippen molar-refractivity contribution in [2.75, 3.05) is 10.6 Å². The van der Waals surface area contributed by atoms with Gasteiger partial charge in [-0.3, -0.25) is 10.1 Å². The van der Waals surface area contributed by atoms with Gasteiger partial charge in [-0.25, -0.2) is 14.4 Å². The van der Waals surface area contributed by atoms with E-state index in [1.807, 2.05) is 31.2 Å². The fourth-order valence-corrected chi connectivity index (χ4v) is 2.59. The van der Waals surface area contributed by atoms with Gasteiger partial charge in [-0.15, -0.1) is 0 Å². The number of anilines is 4. The first-order chi connectivity index (χ1) is 13.0. The maximum Gasteiger partial charge on any atom is 0.353 e. The van der Waals surface area contributed by atoms with Crippen LogP contribution < -0.4 is 10.6 Å². The molecule has 0 saturated carbocycles. The van der Waals surface area contributed by atoms with Crippen LogP contribution in [0.15, 0.2) is 48.8 Å². The van der Waals surface area contributed by atoms with E-state index in [1.165, 1.54) is 18.5 Å². The molecular formula is C18H15ClFN5O2. The number of nitrogens with zero attached hydrogens (tertiary/aromatic N) is 3. The van der Waals surface area contributed by atoms with E-state index in [2.05, 4.69) is 20.6 Å². The van der Waals surface area contributed by atoms with Gasteiger partial charge in [0.25, 0.3) is 0 Å². The largest absolute Gasteiger partial charge is 0.353 e. The lowest BCUT2D eigenvalue weighted by atomic mass is 10.1. The number of benzene rings is 2. The number of rotatable bonds is 6. The van der Waals surface area contributed by atoms with Crippen LogP contribution in [0.25, 0.3) is 0 Å². The smallest absolute Gasteiger partial charge is 0.334 e. The summed E-state index contributed by atoms with van der Waals surface area (Å²) in [5.41, 5.74) is 1.83. The molecule has 27 heavy (non-hydrogen) atoms. The monoisotopic (exact) mass is 387 g/mol. The normalized spacial score (nSPS) is 10.5. The van der Waals surface area contributed by atoms with Gasteiger partial charge in [-0.05, 0) is 42.3 Å². The van der Waals surface area contributed by atoms with Crippen molar-refractivity contribution in [1.29, 1.82) is 0 Å². The zero-order valence-corrected chi connectivity index (χ0v) is 15.0. The summed E-state index contributed by atoms with van der Waals surface area (Å²) in [7, 11) is 0. The van der Waals surface area contributed by atoms with Crippen LogP contribution in [-0.4, -0.2) is 14.9 Å². The predicted octanol–water partition coefficient (Wildman–Crippen LogP) is 5.23. The highest BCUT2D eigenvalue weighted by Crippen LogP contribution is 2.33. The van der Waals surface area contributed by atoms with E-state index in [9.17, 15) is 14.5 Å². The van der Waals surface area contributed by atoms with Crippen LogP contribution in [-0.2, 0) is 6.42 Å². The molecule has 1 heterocycles. The molecule has 3 rings (SSSR count). The van der Waals surface area contributed by atoms with E-state index in [0.29, 0.717) is 11.4 Å². The predicted molar refractivity (Wildman–Crippen MR) is 102 cm³/mol. The Morgan fingerprint density at radius 1 is 1.07 bits per heavy atom. The standard InChI is InChI=1S/C18H15ClFN5O2/c1-2-11-3-5-12(6-4-11)23-17-16(25(26)27)18(22-10-21-17)24-13-7-8-15(20)14(19)9-13/h3-10H,2H2,1H3,(H2,21,22,23,24). The summed E-state index contributed by atoms with van der Waals surface area (Å²) < 4.78 is 13.3. The molecule has 0 bridgehead atoms. The van der Waals surface area contributed by atoms with Gasteiger partial charge in [0.1, 0.15) is 12.1 Å². The van der Waals surface area contributed by atoms with Crippen molar-refractivity contribution in [3.05, 3.63) is 75.3 Å². The molecule has 0 unspecified atom stereocenters. The summed E-state index contributed by atoms with van der Waals surface area (Å²) >= 11 is 5.75. The van der Waals surface area contributed by atoms with Crippen LogP contribution in [0.1, 0.15) is 12.5 Å². The molecule has 138 valence electrons. The molecule has 0 spiro atoms. The first-order valence-electron chi connectivity index (χ1n) is 8.05. The highest BCUT2D eigenvalue weighted by atomic mass is 35.5. The Hall–Kier alpha value is -3.26. The Kier molecular flexibility index (Phi) is 5.46. The molecule has 0 saturated heterocycles. The van der Waals surface area contributed by atoms with Gasteiger partial charge in [-0.1, -0.05) is 30.7 Å². The van der Waals surface area contributed by atoms with E-state index in [0.717, 1.165) is 18.1 Å². The highest BCUT2D eigenvalue weighted by molar-refractivity contribution is 6.31. The second-order valence-electron chi connectivity index (χ2n) is 5.61. The quantitative estimate of drug-likeness (QED) is 0.444. The molecular weight excluding hydrogens is 373 g/mol. The van der Waals surface area contributed by atoms with Crippen molar-refractivity contribution >= 4 is 40.3 Å². The summed E-state index contributed by atoms with van der Waals surface area (Å²) in [6.45, 7) is 2.04. The molecule has 0 radical (unpaired) electrons. The lowest BCUT2D eigenvalue weighted by Crippen LogP contribution is -2.05. The Bertz CT molecular complexity index is 982. The van der Waals surface area contributed by atoms with Crippen LogP contribution in [0.5, 0.6) is 0 Å². The fraction of sp³-hybridized carbons (Fsp3) is 0.111. The zero-order chi connectivity index (χ0) is 19.4. The summed E-state index contributed by atoms with van der Waals surface area (Å²) in [4.78, 5) is 18.9. The lowest BCUT2D eigenvalue weighted by Gasteiger charge is -2.11. The Labute approximate surface area is 159 Å². The van der Waals surface area contributed by atoms with Crippen molar-refractivity contribution in [3.8, 4) is 0 Å². The molecule has 0 aliphatic carbocycles. The average molecular weight is 388 g/mol. The SMILES string of the molecule is CCc1ccc(Nc2ncnc(Nc3ccc(F)c(Cl)c3)c2[N+](=O)[O-])cc1. The summed E-state index contributed by atoms with van der Waals surface area (Å²) in [5, 5.41) is 17.2. The van der Waals surface area contributed by atoms with Crippen LogP contribution in [0.2, 0.25) is 5.02 Å². The number of aryl methyl sites for hydroxylation is 1. The number of hydrogen-bond acceptors (Lipinski definition) is 6. The summed E-state index contributed by atoms with van der Waals surface area (Å²) in [6, 6.07) is 11.4. The molecule has 3 aromatic rings. The first-order valence-corrected chi connectivity index (χ1v) is 8.43. The molecule has 1 aromatic heterocycles. The third-order valence-corrected chi connectivity index (χ3v) is 4.10. The molecule has 0 aliphatic heterocycles. The number of hydrogen-bond donors (Lipinski definition) is 2. The van der Waals surface area contributed by atoms with Crippen molar-refractivity contribution < 1.29 is 9.31 Å². The number of aromatic nitrogens is 2. The Morgan fingerprint density at radius 3 is 2.22 bits per heavy atom. The molecule has 0 amide bonds. The third kappa shape index (κ3) is 4.29. The van der Waals surface area contributed by atoms with Gasteiger partial charge < -0.3 is 10.6 Å². The van der Waals surface area contributed by atoms with Crippen molar-refractivity contribution in [2.24, 2.45) is 0 Å². The molecule has 0 fully saturated rings. The molecule has 7 nitrogen and oxygen atoms in total. The summed E-state index contributed by atoms with van der Waals surface area (Å²) in [6.07, 6.45) is 2.09. The maximum absolute atomic E-state index is 13.3. The third-order valence-electron chi connectivity index (χ3n) is 3.81. The minimum Gasteiger partial charge on any atom is -0.334 e. The van der Waals surface area contributed by atoms with E-state index >= 15 is 0 Å². The van der Waals surface area contributed by atoms with Crippen LogP contribution in [0.4, 0.5) is 33.1 Å². The number of nitro groups is 1. The van der Waals surface area contributed by atoms with Crippen molar-refractivity contribution in [3.63, 3.8) is 0 Å². The van der Waals surface area contributed by atoms with Crippen molar-refractivity contribution in [2.45, 2.75) is 13.3 Å². The van der Waals surface area contributed by atoms with Crippen LogP contribution in [0.3, 0.4) is 0 Å². The lowest BCUT2D eigenvalue weighted by molar-refractivity contribution is -0.383. The van der Waals surface area contributed by atoms with Gasteiger partial charge in [0, 0.05) is 11.4 Å². The molecule has 0 atom stereocenters.